The molecule has 4 rings (SSSR count). The summed E-state index contributed by atoms with van der Waals surface area (Å²) in [7, 11) is 1.99. The fourth-order valence-corrected chi connectivity index (χ4v) is 2.83. The standard InChI is InChI=1S/C18H17N5O2/c1-23-14-7-8-19-11-13(14)12-5-6-16(22-18(12)23)20-15-3-2-4-17(21-15)25-10-9-24/h2-8,11,24H,9-10H2,1H3,(H,20,21,22). The van der Waals surface area contributed by atoms with Gasteiger partial charge in [-0.1, -0.05) is 6.07 Å². The largest absolute Gasteiger partial charge is 0.475 e. The van der Waals surface area contributed by atoms with Crippen molar-refractivity contribution in [3.8, 4) is 5.88 Å². The molecule has 7 heteroatoms. The number of aryl methyl sites for hydroxylation is 1. The Morgan fingerprint density at radius 3 is 2.84 bits per heavy atom. The molecule has 0 aliphatic rings. The van der Waals surface area contributed by atoms with Gasteiger partial charge in [0.1, 0.15) is 23.9 Å². The van der Waals surface area contributed by atoms with Crippen molar-refractivity contribution in [2.24, 2.45) is 7.05 Å². The van der Waals surface area contributed by atoms with E-state index in [2.05, 4.69) is 15.3 Å². The van der Waals surface area contributed by atoms with Gasteiger partial charge in [0.15, 0.2) is 0 Å². The fraction of sp³-hybridized carbons (Fsp3) is 0.167. The number of ether oxygens (including phenoxy) is 1. The Hall–Kier alpha value is -3.19. The smallest absolute Gasteiger partial charge is 0.215 e. The first kappa shape index (κ1) is 15.3. The maximum Gasteiger partial charge on any atom is 0.215 e. The van der Waals surface area contributed by atoms with Crippen LogP contribution in [0.4, 0.5) is 11.6 Å². The third-order valence-corrected chi connectivity index (χ3v) is 3.96. The number of fused-ring (bicyclic) bond motifs is 3. The molecule has 4 aromatic heterocycles. The third-order valence-electron chi connectivity index (χ3n) is 3.96. The Morgan fingerprint density at radius 1 is 1.08 bits per heavy atom. The second-order valence-electron chi connectivity index (χ2n) is 5.58. The summed E-state index contributed by atoms with van der Waals surface area (Å²) in [5, 5.41) is 14.2. The van der Waals surface area contributed by atoms with E-state index in [0.717, 1.165) is 21.9 Å². The van der Waals surface area contributed by atoms with Crippen LogP contribution >= 0.6 is 0 Å². The monoisotopic (exact) mass is 335 g/mol. The molecule has 0 bridgehead atoms. The molecule has 0 atom stereocenters. The summed E-state index contributed by atoms with van der Waals surface area (Å²) >= 11 is 0. The second kappa shape index (κ2) is 6.37. The highest BCUT2D eigenvalue weighted by Gasteiger charge is 2.10. The topological polar surface area (TPSA) is 85.1 Å². The van der Waals surface area contributed by atoms with E-state index < -0.39 is 0 Å². The van der Waals surface area contributed by atoms with Gasteiger partial charge >= 0.3 is 0 Å². The minimum absolute atomic E-state index is 0.0481. The van der Waals surface area contributed by atoms with E-state index in [1.54, 1.807) is 12.3 Å². The summed E-state index contributed by atoms with van der Waals surface area (Å²) in [4.78, 5) is 13.3. The molecular weight excluding hydrogens is 318 g/mol. The lowest BCUT2D eigenvalue weighted by molar-refractivity contribution is 0.197. The third kappa shape index (κ3) is 2.85. The predicted molar refractivity (Wildman–Crippen MR) is 96.1 cm³/mol. The zero-order valence-corrected chi connectivity index (χ0v) is 13.7. The Labute approximate surface area is 143 Å². The number of pyridine rings is 3. The summed E-state index contributed by atoms with van der Waals surface area (Å²) in [6.45, 7) is 0.165. The van der Waals surface area contributed by atoms with Crippen LogP contribution in [0.2, 0.25) is 0 Å². The Morgan fingerprint density at radius 2 is 1.96 bits per heavy atom. The van der Waals surface area contributed by atoms with Crippen molar-refractivity contribution in [2.75, 3.05) is 18.5 Å². The van der Waals surface area contributed by atoms with Crippen molar-refractivity contribution >= 4 is 33.6 Å². The zero-order valence-electron chi connectivity index (χ0n) is 13.7. The number of aliphatic hydroxyl groups excluding tert-OH is 1. The van der Waals surface area contributed by atoms with Crippen LogP contribution in [0.25, 0.3) is 21.9 Å². The Balaban J connectivity index is 1.68. The highest BCUT2D eigenvalue weighted by atomic mass is 16.5. The van der Waals surface area contributed by atoms with E-state index in [1.165, 1.54) is 0 Å². The zero-order chi connectivity index (χ0) is 17.2. The Bertz CT molecular complexity index is 1040. The van der Waals surface area contributed by atoms with Crippen LogP contribution in [0.1, 0.15) is 0 Å². The second-order valence-corrected chi connectivity index (χ2v) is 5.58. The lowest BCUT2D eigenvalue weighted by Gasteiger charge is -2.08. The molecule has 0 radical (unpaired) electrons. The molecule has 0 aliphatic carbocycles. The molecule has 0 fully saturated rings. The van der Waals surface area contributed by atoms with Crippen LogP contribution in [0, 0.1) is 0 Å². The van der Waals surface area contributed by atoms with Crippen LogP contribution in [0.5, 0.6) is 5.88 Å². The van der Waals surface area contributed by atoms with Crippen molar-refractivity contribution in [3.05, 3.63) is 48.8 Å². The van der Waals surface area contributed by atoms with Gasteiger partial charge in [-0.05, 0) is 24.3 Å². The molecule has 0 aliphatic heterocycles. The molecule has 25 heavy (non-hydrogen) atoms. The molecule has 4 aromatic rings. The maximum atomic E-state index is 8.83. The van der Waals surface area contributed by atoms with Crippen LogP contribution in [-0.4, -0.2) is 37.8 Å². The van der Waals surface area contributed by atoms with Crippen LogP contribution < -0.4 is 10.1 Å². The average molecular weight is 335 g/mol. The fourth-order valence-electron chi connectivity index (χ4n) is 2.83. The van der Waals surface area contributed by atoms with E-state index in [1.807, 2.05) is 48.1 Å². The van der Waals surface area contributed by atoms with Crippen molar-refractivity contribution < 1.29 is 9.84 Å². The van der Waals surface area contributed by atoms with E-state index in [-0.39, 0.29) is 13.2 Å². The quantitative estimate of drug-likeness (QED) is 0.583. The highest BCUT2D eigenvalue weighted by Crippen LogP contribution is 2.27. The van der Waals surface area contributed by atoms with Gasteiger partial charge in [0.05, 0.1) is 12.1 Å². The lowest BCUT2D eigenvalue weighted by atomic mass is 10.2. The lowest BCUT2D eigenvalue weighted by Crippen LogP contribution is -2.04. The van der Waals surface area contributed by atoms with Crippen molar-refractivity contribution in [1.29, 1.82) is 0 Å². The first-order valence-corrected chi connectivity index (χ1v) is 7.93. The first-order chi connectivity index (χ1) is 12.3. The number of hydrogen-bond acceptors (Lipinski definition) is 6. The van der Waals surface area contributed by atoms with E-state index in [4.69, 9.17) is 14.8 Å². The van der Waals surface area contributed by atoms with Crippen molar-refractivity contribution in [1.82, 2.24) is 19.5 Å². The molecule has 2 N–H and O–H groups in total. The molecule has 4 heterocycles. The number of aromatic nitrogens is 4. The predicted octanol–water partition coefficient (Wildman–Crippen LogP) is 2.63. The van der Waals surface area contributed by atoms with Crippen molar-refractivity contribution in [3.63, 3.8) is 0 Å². The van der Waals surface area contributed by atoms with Gasteiger partial charge < -0.3 is 19.7 Å². The summed E-state index contributed by atoms with van der Waals surface area (Å²) < 4.78 is 7.38. The maximum absolute atomic E-state index is 8.83. The van der Waals surface area contributed by atoms with Crippen LogP contribution in [0.15, 0.2) is 48.8 Å². The van der Waals surface area contributed by atoms with Gasteiger partial charge in [-0.3, -0.25) is 4.98 Å². The normalized spacial score (nSPS) is 11.1. The number of aliphatic hydroxyl groups is 1. The SMILES string of the molecule is Cn1c2ccncc2c2ccc(Nc3cccc(OCCO)n3)nc21. The molecule has 0 unspecified atom stereocenters. The number of nitrogens with one attached hydrogen (secondary N) is 1. The molecule has 0 aromatic carbocycles. The molecule has 126 valence electrons. The van der Waals surface area contributed by atoms with Gasteiger partial charge in [-0.25, -0.2) is 4.98 Å². The van der Waals surface area contributed by atoms with Gasteiger partial charge in [0, 0.05) is 36.3 Å². The molecule has 0 saturated carbocycles. The summed E-state index contributed by atoms with van der Waals surface area (Å²) in [6, 6.07) is 11.3. The Kier molecular flexibility index (Phi) is 3.91. The van der Waals surface area contributed by atoms with Gasteiger partial charge in [-0.2, -0.15) is 4.98 Å². The van der Waals surface area contributed by atoms with Gasteiger partial charge in [-0.15, -0.1) is 0 Å². The number of anilines is 2. The summed E-state index contributed by atoms with van der Waals surface area (Å²) in [5.41, 5.74) is 1.97. The van der Waals surface area contributed by atoms with E-state index >= 15 is 0 Å². The molecule has 0 saturated heterocycles. The van der Waals surface area contributed by atoms with E-state index in [9.17, 15) is 0 Å². The number of hydrogen-bond donors (Lipinski definition) is 2. The van der Waals surface area contributed by atoms with Crippen LogP contribution in [0.3, 0.4) is 0 Å². The number of nitrogens with zero attached hydrogens (tertiary/aromatic N) is 4. The minimum Gasteiger partial charge on any atom is -0.475 e. The van der Waals surface area contributed by atoms with Crippen molar-refractivity contribution in [2.45, 2.75) is 0 Å². The molecule has 0 amide bonds. The first-order valence-electron chi connectivity index (χ1n) is 7.93. The molecule has 0 spiro atoms. The van der Waals surface area contributed by atoms with Crippen LogP contribution in [-0.2, 0) is 7.05 Å². The highest BCUT2D eigenvalue weighted by molar-refractivity contribution is 6.06. The van der Waals surface area contributed by atoms with Gasteiger partial charge in [0.2, 0.25) is 5.88 Å². The summed E-state index contributed by atoms with van der Waals surface area (Å²) in [6.07, 6.45) is 3.64. The molecular formula is C18H17N5O2. The minimum atomic E-state index is -0.0481. The van der Waals surface area contributed by atoms with Gasteiger partial charge in [0.25, 0.3) is 0 Å². The molecule has 7 nitrogen and oxygen atoms in total. The summed E-state index contributed by atoms with van der Waals surface area (Å²) in [5.74, 6) is 1.77. The number of rotatable bonds is 5. The average Bonchev–Trinajstić information content (AvgIpc) is 2.93. The van der Waals surface area contributed by atoms with E-state index in [0.29, 0.717) is 17.5 Å².